The number of esters is 1. The Labute approximate surface area is 110 Å². The van der Waals surface area contributed by atoms with Crippen molar-refractivity contribution in [2.24, 2.45) is 5.92 Å². The summed E-state index contributed by atoms with van der Waals surface area (Å²) in [6.45, 7) is 3.51. The van der Waals surface area contributed by atoms with E-state index in [1.807, 2.05) is 6.07 Å². The highest BCUT2D eigenvalue weighted by molar-refractivity contribution is 6.33. The highest BCUT2D eigenvalue weighted by Gasteiger charge is 2.15. The average Bonchev–Trinajstić information content (AvgIpc) is 2.35. The summed E-state index contributed by atoms with van der Waals surface area (Å²) in [6, 6.07) is 8.55. The van der Waals surface area contributed by atoms with E-state index in [-0.39, 0.29) is 22.7 Å². The average molecular weight is 265 g/mol. The number of carbonyl (C=O) groups is 1. The monoisotopic (exact) mass is 264 g/mol. The summed E-state index contributed by atoms with van der Waals surface area (Å²) in [5.41, 5.74) is 0. The number of phenolic OH excluding ortho intramolecular Hbond substituents is 1. The van der Waals surface area contributed by atoms with Crippen molar-refractivity contribution in [2.45, 2.75) is 13.8 Å². The Morgan fingerprint density at radius 2 is 1.89 bits per heavy atom. The normalized spacial score (nSPS) is 10.9. The second-order valence-electron chi connectivity index (χ2n) is 4.33. The van der Waals surface area contributed by atoms with Gasteiger partial charge in [-0.3, -0.25) is 4.79 Å². The fourth-order valence-electron chi connectivity index (χ4n) is 1.60. The standard InChI is InChI=1S/C14H13ClO3/c1-8(2)14(17)18-12-7-11(15)13(16)10-6-4-3-5-9(10)12/h3-8,16H,1-2H3. The first kappa shape index (κ1) is 12.7. The first-order chi connectivity index (χ1) is 8.50. The van der Waals surface area contributed by atoms with Gasteiger partial charge in [0, 0.05) is 16.8 Å². The zero-order valence-electron chi connectivity index (χ0n) is 10.1. The molecule has 0 spiro atoms. The summed E-state index contributed by atoms with van der Waals surface area (Å²) < 4.78 is 5.29. The molecule has 0 aliphatic heterocycles. The zero-order valence-corrected chi connectivity index (χ0v) is 10.9. The molecular weight excluding hydrogens is 252 g/mol. The van der Waals surface area contributed by atoms with Crippen LogP contribution in [0.25, 0.3) is 10.8 Å². The summed E-state index contributed by atoms with van der Waals surface area (Å²) in [5, 5.41) is 11.2. The predicted octanol–water partition coefficient (Wildman–Crippen LogP) is 3.76. The van der Waals surface area contributed by atoms with Gasteiger partial charge in [-0.25, -0.2) is 0 Å². The van der Waals surface area contributed by atoms with Crippen molar-refractivity contribution < 1.29 is 14.6 Å². The minimum atomic E-state index is -0.332. The van der Waals surface area contributed by atoms with Crippen LogP contribution < -0.4 is 4.74 Å². The minimum Gasteiger partial charge on any atom is -0.506 e. The molecule has 0 radical (unpaired) electrons. The molecule has 0 saturated carbocycles. The summed E-state index contributed by atoms with van der Waals surface area (Å²) >= 11 is 5.91. The van der Waals surface area contributed by atoms with E-state index in [1.54, 1.807) is 32.0 Å². The van der Waals surface area contributed by atoms with Crippen LogP contribution >= 0.6 is 11.6 Å². The number of phenols is 1. The third-order valence-electron chi connectivity index (χ3n) is 2.61. The topological polar surface area (TPSA) is 46.5 Å². The highest BCUT2D eigenvalue weighted by Crippen LogP contribution is 2.38. The summed E-state index contributed by atoms with van der Waals surface area (Å²) in [7, 11) is 0. The smallest absolute Gasteiger partial charge is 0.313 e. The molecule has 3 nitrogen and oxygen atoms in total. The number of rotatable bonds is 2. The Bertz CT molecular complexity index is 605. The Morgan fingerprint density at radius 1 is 1.28 bits per heavy atom. The van der Waals surface area contributed by atoms with E-state index in [9.17, 15) is 9.90 Å². The Kier molecular flexibility index (Phi) is 3.43. The zero-order chi connectivity index (χ0) is 13.3. The molecule has 0 aromatic heterocycles. The first-order valence-electron chi connectivity index (χ1n) is 5.62. The van der Waals surface area contributed by atoms with Crippen LogP contribution in [0.15, 0.2) is 30.3 Å². The van der Waals surface area contributed by atoms with E-state index in [2.05, 4.69) is 0 Å². The van der Waals surface area contributed by atoms with E-state index < -0.39 is 0 Å². The van der Waals surface area contributed by atoms with Crippen molar-refractivity contribution in [1.82, 2.24) is 0 Å². The molecule has 18 heavy (non-hydrogen) atoms. The second-order valence-corrected chi connectivity index (χ2v) is 4.73. The molecule has 0 aliphatic carbocycles. The van der Waals surface area contributed by atoms with Crippen molar-refractivity contribution in [3.05, 3.63) is 35.4 Å². The van der Waals surface area contributed by atoms with Crippen molar-refractivity contribution in [3.8, 4) is 11.5 Å². The van der Waals surface area contributed by atoms with E-state index >= 15 is 0 Å². The maximum atomic E-state index is 11.6. The molecule has 4 heteroatoms. The third-order valence-corrected chi connectivity index (χ3v) is 2.90. The molecule has 0 fully saturated rings. The maximum absolute atomic E-state index is 11.6. The predicted molar refractivity (Wildman–Crippen MR) is 71.1 cm³/mol. The first-order valence-corrected chi connectivity index (χ1v) is 6.00. The molecular formula is C14H13ClO3. The van der Waals surface area contributed by atoms with Crippen LogP contribution in [0.2, 0.25) is 5.02 Å². The van der Waals surface area contributed by atoms with Gasteiger partial charge in [0.2, 0.25) is 0 Å². The van der Waals surface area contributed by atoms with Gasteiger partial charge >= 0.3 is 5.97 Å². The second kappa shape index (κ2) is 4.86. The molecule has 0 heterocycles. The molecule has 2 rings (SSSR count). The number of hydrogen-bond acceptors (Lipinski definition) is 3. The molecule has 2 aromatic carbocycles. The van der Waals surface area contributed by atoms with Crippen LogP contribution in [-0.4, -0.2) is 11.1 Å². The summed E-state index contributed by atoms with van der Waals surface area (Å²) in [4.78, 5) is 11.6. The van der Waals surface area contributed by atoms with E-state index in [4.69, 9.17) is 16.3 Å². The van der Waals surface area contributed by atoms with Crippen molar-refractivity contribution in [3.63, 3.8) is 0 Å². The van der Waals surface area contributed by atoms with Gasteiger partial charge < -0.3 is 9.84 Å². The fourth-order valence-corrected chi connectivity index (χ4v) is 1.81. The van der Waals surface area contributed by atoms with Crippen molar-refractivity contribution in [2.75, 3.05) is 0 Å². The number of aromatic hydroxyl groups is 1. The van der Waals surface area contributed by atoms with Gasteiger partial charge in [-0.1, -0.05) is 49.7 Å². The molecule has 2 aromatic rings. The van der Waals surface area contributed by atoms with Crippen LogP contribution in [-0.2, 0) is 4.79 Å². The summed E-state index contributed by atoms with van der Waals surface area (Å²) in [6.07, 6.45) is 0. The molecule has 0 bridgehead atoms. The van der Waals surface area contributed by atoms with Gasteiger partial charge in [-0.05, 0) is 0 Å². The minimum absolute atomic E-state index is 0.00314. The number of ether oxygens (including phenoxy) is 1. The van der Waals surface area contributed by atoms with Crippen molar-refractivity contribution in [1.29, 1.82) is 0 Å². The Morgan fingerprint density at radius 3 is 2.50 bits per heavy atom. The molecule has 1 N–H and O–H groups in total. The maximum Gasteiger partial charge on any atom is 0.313 e. The molecule has 0 atom stereocenters. The van der Waals surface area contributed by atoms with Gasteiger partial charge in [0.1, 0.15) is 11.5 Å². The SMILES string of the molecule is CC(C)C(=O)Oc1cc(Cl)c(O)c2ccccc12. The van der Waals surface area contributed by atoms with E-state index in [0.29, 0.717) is 16.5 Å². The molecule has 94 valence electrons. The van der Waals surface area contributed by atoms with Gasteiger partial charge in [-0.2, -0.15) is 0 Å². The molecule has 0 amide bonds. The van der Waals surface area contributed by atoms with Crippen LogP contribution in [0, 0.1) is 5.92 Å². The van der Waals surface area contributed by atoms with Crippen molar-refractivity contribution >= 4 is 28.3 Å². The van der Waals surface area contributed by atoms with Crippen LogP contribution in [0.3, 0.4) is 0 Å². The van der Waals surface area contributed by atoms with E-state index in [1.165, 1.54) is 6.07 Å². The van der Waals surface area contributed by atoms with E-state index in [0.717, 1.165) is 0 Å². The van der Waals surface area contributed by atoms with Crippen LogP contribution in [0.5, 0.6) is 11.5 Å². The number of hydrogen-bond donors (Lipinski definition) is 1. The third kappa shape index (κ3) is 2.27. The van der Waals surface area contributed by atoms with Crippen LogP contribution in [0.1, 0.15) is 13.8 Å². The van der Waals surface area contributed by atoms with Gasteiger partial charge in [0.15, 0.2) is 0 Å². The van der Waals surface area contributed by atoms with Gasteiger partial charge in [-0.15, -0.1) is 0 Å². The van der Waals surface area contributed by atoms with Gasteiger partial charge in [0.25, 0.3) is 0 Å². The Balaban J connectivity index is 2.57. The molecule has 0 saturated heterocycles. The lowest BCUT2D eigenvalue weighted by Gasteiger charge is -2.11. The lowest BCUT2D eigenvalue weighted by atomic mass is 10.1. The summed E-state index contributed by atoms with van der Waals surface area (Å²) in [5.74, 6) is -0.193. The number of carbonyl (C=O) groups excluding carboxylic acids is 1. The van der Waals surface area contributed by atoms with Crippen LogP contribution in [0.4, 0.5) is 0 Å². The highest BCUT2D eigenvalue weighted by atomic mass is 35.5. The lowest BCUT2D eigenvalue weighted by Crippen LogP contribution is -2.14. The number of benzene rings is 2. The fraction of sp³-hybridized carbons (Fsp3) is 0.214. The lowest BCUT2D eigenvalue weighted by molar-refractivity contribution is -0.137. The van der Waals surface area contributed by atoms with Gasteiger partial charge in [0.05, 0.1) is 10.9 Å². The molecule has 0 unspecified atom stereocenters. The largest absolute Gasteiger partial charge is 0.506 e. The quantitative estimate of drug-likeness (QED) is 0.664. The Hall–Kier alpha value is -1.74. The molecule has 0 aliphatic rings. The number of halogens is 1. The number of fused-ring (bicyclic) bond motifs is 1.